The van der Waals surface area contributed by atoms with Crippen LogP contribution in [0.3, 0.4) is 0 Å². The van der Waals surface area contributed by atoms with E-state index in [1.54, 1.807) is 0 Å². The summed E-state index contributed by atoms with van der Waals surface area (Å²) in [5.74, 6) is -1.75. The number of carbonyl (C=O) groups is 3. The lowest BCUT2D eigenvalue weighted by atomic mass is 9.93. The van der Waals surface area contributed by atoms with Crippen LogP contribution in [0.5, 0.6) is 0 Å². The highest BCUT2D eigenvalue weighted by atomic mass is 16.5. The predicted molar refractivity (Wildman–Crippen MR) is 167 cm³/mol. The number of allylic oxidation sites excluding steroid dienone is 2. The topological polar surface area (TPSA) is 105 Å². The third-order valence-corrected chi connectivity index (χ3v) is 7.77. The van der Waals surface area contributed by atoms with Crippen molar-refractivity contribution in [1.29, 1.82) is 0 Å². The van der Waals surface area contributed by atoms with Crippen LogP contribution in [0.4, 0.5) is 0 Å². The van der Waals surface area contributed by atoms with Crippen LogP contribution in [0.25, 0.3) is 0 Å². The highest BCUT2D eigenvalue weighted by Gasteiger charge is 2.27. The molecule has 1 aliphatic heterocycles. The fourth-order valence-electron chi connectivity index (χ4n) is 5.38. The van der Waals surface area contributed by atoms with E-state index in [0.717, 1.165) is 29.5 Å². The monoisotopic (exact) mass is 582 g/mol. The second kappa shape index (κ2) is 17.0. The molecule has 2 amide bonds. The molecule has 226 valence electrons. The van der Waals surface area contributed by atoms with E-state index in [1.165, 1.54) is 0 Å². The highest BCUT2D eigenvalue weighted by Crippen LogP contribution is 2.24. The number of nitrogens with one attached hydrogen (secondary N) is 2. The smallest absolute Gasteiger partial charge is 0.309 e. The second-order valence-electron chi connectivity index (χ2n) is 11.1. The summed E-state index contributed by atoms with van der Waals surface area (Å²) in [6.07, 6.45) is 7.03. The first-order chi connectivity index (χ1) is 21.0. The summed E-state index contributed by atoms with van der Waals surface area (Å²) < 4.78 is 6.08. The largest absolute Gasteiger partial charge is 0.455 e. The summed E-state index contributed by atoms with van der Waals surface area (Å²) in [6.45, 7) is -0.103. The summed E-state index contributed by atoms with van der Waals surface area (Å²) in [5, 5.41) is 15.7. The number of aliphatic hydroxyl groups is 1. The molecular weight excluding hydrogens is 540 g/mol. The van der Waals surface area contributed by atoms with Gasteiger partial charge in [-0.2, -0.15) is 0 Å². The van der Waals surface area contributed by atoms with Crippen LogP contribution in [-0.2, 0) is 32.0 Å². The van der Waals surface area contributed by atoms with Crippen molar-refractivity contribution in [2.24, 2.45) is 11.8 Å². The molecule has 0 spiro atoms. The molecule has 7 nitrogen and oxygen atoms in total. The minimum absolute atomic E-state index is 0.0175. The van der Waals surface area contributed by atoms with E-state index in [1.807, 2.05) is 103 Å². The van der Waals surface area contributed by atoms with Crippen LogP contribution in [-0.4, -0.2) is 42.1 Å². The number of aliphatic hydroxyl groups excluding tert-OH is 1. The fraction of sp³-hybridized carbons (Fsp3) is 0.361. The maximum Gasteiger partial charge on any atom is 0.309 e. The Morgan fingerprint density at radius 2 is 1.53 bits per heavy atom. The van der Waals surface area contributed by atoms with Crippen molar-refractivity contribution in [3.8, 4) is 0 Å². The minimum Gasteiger partial charge on any atom is -0.455 e. The van der Waals surface area contributed by atoms with Crippen LogP contribution in [0.15, 0.2) is 103 Å². The Morgan fingerprint density at radius 1 is 0.884 bits per heavy atom. The van der Waals surface area contributed by atoms with Gasteiger partial charge in [-0.15, -0.1) is 0 Å². The standard InChI is InChI=1S/C36H42N2O5/c39-26-32(23-28-16-8-4-9-17-28)38-34(40)24-30-20-10-1-2-11-21-31(22-27-14-6-3-7-15-27)36(42)43-33(25-37-35(30)41)29-18-12-5-13-19-29/h1,3-10,12-19,30-33,39H,2,11,20-26H2,(H,37,41)(H,38,40). The van der Waals surface area contributed by atoms with Gasteiger partial charge in [0.05, 0.1) is 31.0 Å². The first kappa shape index (κ1) is 31.7. The van der Waals surface area contributed by atoms with Crippen LogP contribution in [0, 0.1) is 11.8 Å². The van der Waals surface area contributed by atoms with Crippen LogP contribution < -0.4 is 10.6 Å². The van der Waals surface area contributed by atoms with Crippen molar-refractivity contribution < 1.29 is 24.2 Å². The van der Waals surface area contributed by atoms with E-state index < -0.39 is 18.1 Å². The van der Waals surface area contributed by atoms with E-state index in [-0.39, 0.29) is 43.3 Å². The van der Waals surface area contributed by atoms with Crippen molar-refractivity contribution in [3.05, 3.63) is 120 Å². The summed E-state index contributed by atoms with van der Waals surface area (Å²) in [4.78, 5) is 39.9. The van der Waals surface area contributed by atoms with Crippen LogP contribution in [0.2, 0.25) is 0 Å². The first-order valence-electron chi connectivity index (χ1n) is 15.2. The van der Waals surface area contributed by atoms with Gasteiger partial charge >= 0.3 is 5.97 Å². The van der Waals surface area contributed by atoms with Gasteiger partial charge in [0.1, 0.15) is 6.10 Å². The fourth-order valence-corrected chi connectivity index (χ4v) is 5.38. The summed E-state index contributed by atoms with van der Waals surface area (Å²) in [5.41, 5.74) is 2.88. The van der Waals surface area contributed by atoms with Crippen molar-refractivity contribution in [1.82, 2.24) is 10.6 Å². The third kappa shape index (κ3) is 10.5. The normalized spacial score (nSPS) is 20.7. The zero-order chi connectivity index (χ0) is 30.3. The zero-order valence-corrected chi connectivity index (χ0v) is 24.6. The average Bonchev–Trinajstić information content (AvgIpc) is 3.03. The molecule has 0 saturated heterocycles. The molecule has 4 rings (SSSR count). The molecule has 1 aliphatic rings. The Kier molecular flexibility index (Phi) is 12.5. The molecule has 0 aromatic heterocycles. The van der Waals surface area contributed by atoms with E-state index in [4.69, 9.17) is 4.74 Å². The number of benzene rings is 3. The second-order valence-corrected chi connectivity index (χ2v) is 11.1. The Bertz CT molecular complexity index is 1310. The Morgan fingerprint density at radius 3 is 2.21 bits per heavy atom. The Labute approximate surface area is 254 Å². The molecule has 3 aromatic carbocycles. The number of esters is 1. The molecule has 3 N–H and O–H groups in total. The molecule has 0 radical (unpaired) electrons. The van der Waals surface area contributed by atoms with Gasteiger partial charge in [-0.1, -0.05) is 103 Å². The van der Waals surface area contributed by atoms with Gasteiger partial charge in [-0.05, 0) is 55.2 Å². The quantitative estimate of drug-likeness (QED) is 0.241. The van der Waals surface area contributed by atoms with E-state index in [0.29, 0.717) is 25.7 Å². The summed E-state index contributed by atoms with van der Waals surface area (Å²) in [7, 11) is 0. The molecule has 7 heteroatoms. The lowest BCUT2D eigenvalue weighted by Gasteiger charge is -2.24. The minimum atomic E-state index is -0.659. The van der Waals surface area contributed by atoms with Gasteiger partial charge < -0.3 is 20.5 Å². The first-order valence-corrected chi connectivity index (χ1v) is 15.2. The molecule has 0 bridgehead atoms. The molecule has 0 fully saturated rings. The van der Waals surface area contributed by atoms with Gasteiger partial charge in [0, 0.05) is 6.42 Å². The number of cyclic esters (lactones) is 1. The van der Waals surface area contributed by atoms with Crippen molar-refractivity contribution in [3.63, 3.8) is 0 Å². The lowest BCUT2D eigenvalue weighted by Crippen LogP contribution is -2.42. The molecule has 1 heterocycles. The zero-order valence-electron chi connectivity index (χ0n) is 24.6. The van der Waals surface area contributed by atoms with Crippen LogP contribution in [0.1, 0.15) is 54.9 Å². The van der Waals surface area contributed by atoms with E-state index >= 15 is 0 Å². The number of ether oxygens (including phenoxy) is 1. The average molecular weight is 583 g/mol. The van der Waals surface area contributed by atoms with Crippen molar-refractivity contribution in [2.75, 3.05) is 13.2 Å². The Hall–Kier alpha value is -4.23. The van der Waals surface area contributed by atoms with Gasteiger partial charge in [-0.3, -0.25) is 14.4 Å². The van der Waals surface area contributed by atoms with E-state index in [9.17, 15) is 19.5 Å². The number of hydrogen-bond acceptors (Lipinski definition) is 5. The molecule has 4 unspecified atom stereocenters. The maximum absolute atomic E-state index is 13.5. The number of hydrogen-bond donors (Lipinski definition) is 3. The van der Waals surface area contributed by atoms with Gasteiger partial charge in [0.25, 0.3) is 0 Å². The molecule has 0 saturated carbocycles. The number of amides is 2. The highest BCUT2D eigenvalue weighted by molar-refractivity contribution is 5.86. The van der Waals surface area contributed by atoms with Crippen molar-refractivity contribution in [2.45, 2.75) is 57.1 Å². The SMILES string of the molecule is O=C(CC1CC=CCCCC(Cc2ccccc2)C(=O)OC(c2ccccc2)CNC1=O)NC(CO)Cc1ccccc1. The Balaban J connectivity index is 1.46. The van der Waals surface area contributed by atoms with Crippen LogP contribution >= 0.6 is 0 Å². The predicted octanol–water partition coefficient (Wildman–Crippen LogP) is 5.10. The lowest BCUT2D eigenvalue weighted by molar-refractivity contribution is -0.155. The van der Waals surface area contributed by atoms with Gasteiger partial charge in [-0.25, -0.2) is 0 Å². The molecule has 43 heavy (non-hydrogen) atoms. The van der Waals surface area contributed by atoms with E-state index in [2.05, 4.69) is 10.6 Å². The summed E-state index contributed by atoms with van der Waals surface area (Å²) >= 11 is 0. The summed E-state index contributed by atoms with van der Waals surface area (Å²) in [6, 6.07) is 28.6. The van der Waals surface area contributed by atoms with Crippen molar-refractivity contribution >= 4 is 17.8 Å². The third-order valence-electron chi connectivity index (χ3n) is 7.77. The molecule has 4 atom stereocenters. The maximum atomic E-state index is 13.5. The number of carbonyl (C=O) groups excluding carboxylic acids is 3. The van der Waals surface area contributed by atoms with Gasteiger partial charge in [0.2, 0.25) is 11.8 Å². The van der Waals surface area contributed by atoms with Gasteiger partial charge in [0.15, 0.2) is 0 Å². The molecular formula is C36H42N2O5. The molecule has 3 aromatic rings. The number of rotatable bonds is 9. The molecule has 0 aliphatic carbocycles.